The highest BCUT2D eigenvalue weighted by molar-refractivity contribution is 7.16. The van der Waals surface area contributed by atoms with Gasteiger partial charge in [-0.1, -0.05) is 0 Å². The standard InChI is InChI=1S/C13H17N3O3S/c1-9(17)3-2-5-14-11(18)7-16-8-15-12-10(13(16)19)4-6-20-12/h4,6,8-9,17H,2-3,5,7H2,1H3,(H,14,18). The predicted molar refractivity (Wildman–Crippen MR) is 77.8 cm³/mol. The van der Waals surface area contributed by atoms with Crippen molar-refractivity contribution in [3.63, 3.8) is 0 Å². The third-order valence-electron chi connectivity index (χ3n) is 2.89. The molecule has 0 aliphatic heterocycles. The normalized spacial score (nSPS) is 12.5. The molecule has 0 aliphatic rings. The molecule has 0 aromatic carbocycles. The Morgan fingerprint density at radius 3 is 3.15 bits per heavy atom. The minimum absolute atomic E-state index is 0.0354. The summed E-state index contributed by atoms with van der Waals surface area (Å²) in [5.74, 6) is -0.228. The summed E-state index contributed by atoms with van der Waals surface area (Å²) in [6.45, 7) is 2.17. The van der Waals surface area contributed by atoms with E-state index in [0.717, 1.165) is 0 Å². The van der Waals surface area contributed by atoms with Gasteiger partial charge in [-0.15, -0.1) is 11.3 Å². The molecule has 0 saturated heterocycles. The van der Waals surface area contributed by atoms with E-state index in [1.54, 1.807) is 18.4 Å². The average Bonchev–Trinajstić information content (AvgIpc) is 2.87. The maximum absolute atomic E-state index is 12.1. The minimum Gasteiger partial charge on any atom is -0.393 e. The van der Waals surface area contributed by atoms with E-state index in [1.165, 1.54) is 22.2 Å². The van der Waals surface area contributed by atoms with Gasteiger partial charge in [0.25, 0.3) is 5.56 Å². The first-order valence-electron chi connectivity index (χ1n) is 6.45. The van der Waals surface area contributed by atoms with Crippen LogP contribution in [-0.2, 0) is 11.3 Å². The number of hydrogen-bond acceptors (Lipinski definition) is 5. The topological polar surface area (TPSA) is 84.2 Å². The number of amides is 1. The number of aromatic nitrogens is 2. The third kappa shape index (κ3) is 3.64. The van der Waals surface area contributed by atoms with Gasteiger partial charge in [0.2, 0.25) is 5.91 Å². The molecule has 0 saturated carbocycles. The van der Waals surface area contributed by atoms with E-state index in [1.807, 2.05) is 0 Å². The second-order valence-electron chi connectivity index (χ2n) is 4.66. The van der Waals surface area contributed by atoms with Crippen LogP contribution in [0.3, 0.4) is 0 Å². The highest BCUT2D eigenvalue weighted by Gasteiger charge is 2.08. The molecule has 0 fully saturated rings. The Hall–Kier alpha value is -1.73. The molecule has 20 heavy (non-hydrogen) atoms. The first-order valence-corrected chi connectivity index (χ1v) is 7.33. The number of nitrogens with zero attached hydrogens (tertiary/aromatic N) is 2. The number of fused-ring (bicyclic) bond motifs is 1. The SMILES string of the molecule is CC(O)CCCNC(=O)Cn1cnc2sccc2c1=O. The second kappa shape index (κ2) is 6.62. The fourth-order valence-corrected chi connectivity index (χ4v) is 2.57. The van der Waals surface area contributed by atoms with Gasteiger partial charge in [-0.25, -0.2) is 4.98 Å². The summed E-state index contributed by atoms with van der Waals surface area (Å²) in [5, 5.41) is 14.2. The van der Waals surface area contributed by atoms with Gasteiger partial charge in [0.1, 0.15) is 11.4 Å². The number of carbonyl (C=O) groups excluding carboxylic acids is 1. The van der Waals surface area contributed by atoms with E-state index in [4.69, 9.17) is 5.11 Å². The molecule has 108 valence electrons. The van der Waals surface area contributed by atoms with Crippen LogP contribution in [0.25, 0.3) is 10.2 Å². The second-order valence-corrected chi connectivity index (χ2v) is 5.55. The molecule has 2 N–H and O–H groups in total. The number of nitrogens with one attached hydrogen (secondary N) is 1. The first kappa shape index (κ1) is 14.7. The third-order valence-corrected chi connectivity index (χ3v) is 3.71. The summed E-state index contributed by atoms with van der Waals surface area (Å²) in [6, 6.07) is 1.71. The number of thiophene rings is 1. The van der Waals surface area contributed by atoms with Crippen molar-refractivity contribution in [2.24, 2.45) is 0 Å². The average molecular weight is 295 g/mol. The van der Waals surface area contributed by atoms with Crippen LogP contribution in [0.1, 0.15) is 19.8 Å². The summed E-state index contributed by atoms with van der Waals surface area (Å²) in [4.78, 5) is 28.6. The van der Waals surface area contributed by atoms with E-state index >= 15 is 0 Å². The highest BCUT2D eigenvalue weighted by Crippen LogP contribution is 2.13. The first-order chi connectivity index (χ1) is 9.58. The van der Waals surface area contributed by atoms with Crippen LogP contribution in [0.4, 0.5) is 0 Å². The van der Waals surface area contributed by atoms with Crippen LogP contribution < -0.4 is 10.9 Å². The van der Waals surface area contributed by atoms with Gasteiger partial charge < -0.3 is 10.4 Å². The lowest BCUT2D eigenvalue weighted by Crippen LogP contribution is -2.33. The van der Waals surface area contributed by atoms with Crippen LogP contribution in [0.2, 0.25) is 0 Å². The number of carbonyl (C=O) groups is 1. The largest absolute Gasteiger partial charge is 0.393 e. The summed E-state index contributed by atoms with van der Waals surface area (Å²) in [5.41, 5.74) is -0.199. The molecule has 6 nitrogen and oxygen atoms in total. The molecule has 2 aromatic rings. The summed E-state index contributed by atoms with van der Waals surface area (Å²) >= 11 is 1.40. The van der Waals surface area contributed by atoms with E-state index in [0.29, 0.717) is 29.6 Å². The quantitative estimate of drug-likeness (QED) is 0.770. The molecule has 2 rings (SSSR count). The Bertz CT molecular complexity index is 648. The van der Waals surface area contributed by atoms with Gasteiger partial charge in [0, 0.05) is 6.54 Å². The zero-order valence-corrected chi connectivity index (χ0v) is 12.0. The lowest BCUT2D eigenvalue weighted by molar-refractivity contribution is -0.121. The monoisotopic (exact) mass is 295 g/mol. The van der Waals surface area contributed by atoms with Gasteiger partial charge >= 0.3 is 0 Å². The van der Waals surface area contributed by atoms with Crippen molar-refractivity contribution in [2.75, 3.05) is 6.54 Å². The van der Waals surface area contributed by atoms with E-state index in [-0.39, 0.29) is 24.1 Å². The van der Waals surface area contributed by atoms with E-state index in [9.17, 15) is 9.59 Å². The lowest BCUT2D eigenvalue weighted by atomic mass is 10.2. The molecule has 1 unspecified atom stereocenters. The van der Waals surface area contributed by atoms with E-state index < -0.39 is 0 Å². The van der Waals surface area contributed by atoms with Crippen LogP contribution in [0.15, 0.2) is 22.6 Å². The molecule has 0 radical (unpaired) electrons. The van der Waals surface area contributed by atoms with Gasteiger partial charge in [0.15, 0.2) is 0 Å². The summed E-state index contributed by atoms with van der Waals surface area (Å²) in [6.07, 6.45) is 2.39. The van der Waals surface area contributed by atoms with Crippen LogP contribution in [0.5, 0.6) is 0 Å². The van der Waals surface area contributed by atoms with Gasteiger partial charge in [-0.3, -0.25) is 14.2 Å². The summed E-state index contributed by atoms with van der Waals surface area (Å²) in [7, 11) is 0. The summed E-state index contributed by atoms with van der Waals surface area (Å²) < 4.78 is 1.30. The minimum atomic E-state index is -0.361. The fraction of sp³-hybridized carbons (Fsp3) is 0.462. The van der Waals surface area contributed by atoms with Gasteiger partial charge in [-0.05, 0) is 31.2 Å². The molecular formula is C13H17N3O3S. The van der Waals surface area contributed by atoms with Gasteiger partial charge in [-0.2, -0.15) is 0 Å². The number of rotatable bonds is 6. The van der Waals surface area contributed by atoms with Gasteiger partial charge in [0.05, 0.1) is 17.8 Å². The van der Waals surface area contributed by atoms with Crippen molar-refractivity contribution in [3.8, 4) is 0 Å². The molecule has 7 heteroatoms. The maximum Gasteiger partial charge on any atom is 0.262 e. The van der Waals surface area contributed by atoms with Crippen LogP contribution in [0, 0.1) is 0 Å². The number of aliphatic hydroxyl groups excluding tert-OH is 1. The van der Waals surface area contributed by atoms with Crippen molar-refractivity contribution in [3.05, 3.63) is 28.1 Å². The van der Waals surface area contributed by atoms with E-state index in [2.05, 4.69) is 10.3 Å². The molecule has 1 atom stereocenters. The Kier molecular flexibility index (Phi) is 4.86. The van der Waals surface area contributed by atoms with Crippen molar-refractivity contribution >= 4 is 27.5 Å². The Morgan fingerprint density at radius 2 is 2.40 bits per heavy atom. The number of hydrogen-bond donors (Lipinski definition) is 2. The van der Waals surface area contributed by atoms with Crippen molar-refractivity contribution in [1.82, 2.24) is 14.9 Å². The molecule has 0 bridgehead atoms. The highest BCUT2D eigenvalue weighted by atomic mass is 32.1. The smallest absolute Gasteiger partial charge is 0.262 e. The van der Waals surface area contributed by atoms with Crippen molar-refractivity contribution in [2.45, 2.75) is 32.4 Å². The molecule has 0 spiro atoms. The van der Waals surface area contributed by atoms with Crippen LogP contribution in [-0.4, -0.2) is 33.2 Å². The molecular weight excluding hydrogens is 278 g/mol. The van der Waals surface area contributed by atoms with Crippen LogP contribution >= 0.6 is 11.3 Å². The maximum atomic E-state index is 12.1. The lowest BCUT2D eigenvalue weighted by Gasteiger charge is -2.08. The molecule has 0 aliphatic carbocycles. The van der Waals surface area contributed by atoms with Crippen molar-refractivity contribution in [1.29, 1.82) is 0 Å². The molecule has 1 amide bonds. The fourth-order valence-electron chi connectivity index (χ4n) is 1.84. The predicted octanol–water partition coefficient (Wildman–Crippen LogP) is 0.735. The number of aliphatic hydroxyl groups is 1. The Balaban J connectivity index is 1.93. The molecule has 2 aromatic heterocycles. The Morgan fingerprint density at radius 1 is 1.60 bits per heavy atom. The molecule has 2 heterocycles. The zero-order chi connectivity index (χ0) is 14.5. The Labute approximate surface area is 120 Å². The zero-order valence-electron chi connectivity index (χ0n) is 11.2. The van der Waals surface area contributed by atoms with Crippen molar-refractivity contribution < 1.29 is 9.90 Å².